The number of nitrogens with zero attached hydrogens (tertiary/aromatic N) is 4. The van der Waals surface area contributed by atoms with Crippen LogP contribution in [-0.4, -0.2) is 59.2 Å². The maximum absolute atomic E-state index is 12.3. The van der Waals surface area contributed by atoms with Gasteiger partial charge >= 0.3 is 6.09 Å². The van der Waals surface area contributed by atoms with Gasteiger partial charge in [-0.15, -0.1) is 0 Å². The first-order valence-corrected chi connectivity index (χ1v) is 8.80. The molecule has 1 aromatic carbocycles. The Labute approximate surface area is 158 Å². The minimum atomic E-state index is -0.465. The molecule has 1 aromatic heterocycles. The molecule has 3 rings (SSSR count). The Kier molecular flexibility index (Phi) is 6.14. The van der Waals surface area contributed by atoms with Gasteiger partial charge in [-0.05, 0) is 24.1 Å². The molecule has 1 aliphatic rings. The largest absolute Gasteiger partial charge is 0.445 e. The van der Waals surface area contributed by atoms with Crippen molar-refractivity contribution in [3.8, 4) is 0 Å². The van der Waals surface area contributed by atoms with E-state index >= 15 is 0 Å². The van der Waals surface area contributed by atoms with Gasteiger partial charge in [-0.25, -0.2) is 4.79 Å². The highest BCUT2D eigenvalue weighted by Crippen LogP contribution is 2.15. The van der Waals surface area contributed by atoms with Crippen molar-refractivity contribution in [1.29, 1.82) is 0 Å². The van der Waals surface area contributed by atoms with Crippen molar-refractivity contribution in [2.75, 3.05) is 26.2 Å². The summed E-state index contributed by atoms with van der Waals surface area (Å²) in [7, 11) is 0. The van der Waals surface area contributed by atoms with Crippen LogP contribution in [0.2, 0.25) is 0 Å². The van der Waals surface area contributed by atoms with Gasteiger partial charge in [0.2, 0.25) is 5.91 Å². The van der Waals surface area contributed by atoms with E-state index in [-0.39, 0.29) is 19.1 Å². The number of benzene rings is 1. The van der Waals surface area contributed by atoms with E-state index in [4.69, 9.17) is 4.74 Å². The van der Waals surface area contributed by atoms with E-state index < -0.39 is 6.09 Å². The van der Waals surface area contributed by atoms with Crippen LogP contribution < -0.4 is 0 Å². The molecule has 0 saturated carbocycles. The van der Waals surface area contributed by atoms with E-state index in [9.17, 15) is 9.59 Å². The molecular formula is C20H22N4O3. The lowest BCUT2D eigenvalue weighted by Crippen LogP contribution is -2.52. The third kappa shape index (κ3) is 5.13. The first kappa shape index (κ1) is 18.6. The SMILES string of the molecule is Cc1cnccc1N=CCN1CCN(C(=O)OCc2ccccc2)CC1=O. The van der Waals surface area contributed by atoms with Crippen molar-refractivity contribution in [1.82, 2.24) is 14.8 Å². The summed E-state index contributed by atoms with van der Waals surface area (Å²) < 4.78 is 5.29. The van der Waals surface area contributed by atoms with Crippen LogP contribution in [0.4, 0.5) is 10.5 Å². The first-order chi connectivity index (χ1) is 13.1. The lowest BCUT2D eigenvalue weighted by molar-refractivity contribution is -0.134. The number of carbonyl (C=O) groups is 2. The van der Waals surface area contributed by atoms with Crippen molar-refractivity contribution in [3.63, 3.8) is 0 Å². The summed E-state index contributed by atoms with van der Waals surface area (Å²) in [4.78, 5) is 36.0. The van der Waals surface area contributed by atoms with E-state index in [2.05, 4.69) is 9.98 Å². The Bertz CT molecular complexity index is 823. The standard InChI is InChI=1S/C20H22N4O3/c1-16-13-21-8-7-18(16)22-9-10-23-11-12-24(14-19(23)25)20(26)27-15-17-5-3-2-4-6-17/h2-9,13H,10-12,14-15H2,1H3. The van der Waals surface area contributed by atoms with E-state index in [1.165, 1.54) is 4.90 Å². The molecule has 1 aliphatic heterocycles. The predicted octanol–water partition coefficient (Wildman–Crippen LogP) is 2.57. The lowest BCUT2D eigenvalue weighted by atomic mass is 10.2. The Morgan fingerprint density at radius 1 is 1.26 bits per heavy atom. The zero-order valence-corrected chi connectivity index (χ0v) is 15.2. The zero-order valence-electron chi connectivity index (χ0n) is 15.2. The van der Waals surface area contributed by atoms with E-state index in [0.717, 1.165) is 16.8 Å². The van der Waals surface area contributed by atoms with Crippen LogP contribution in [0.1, 0.15) is 11.1 Å². The average molecular weight is 366 g/mol. The Morgan fingerprint density at radius 2 is 2.07 bits per heavy atom. The number of pyridine rings is 1. The number of ether oxygens (including phenoxy) is 1. The number of aromatic nitrogens is 1. The van der Waals surface area contributed by atoms with Gasteiger partial charge in [0.05, 0.1) is 12.2 Å². The topological polar surface area (TPSA) is 75.1 Å². The van der Waals surface area contributed by atoms with Gasteiger partial charge in [0.1, 0.15) is 13.2 Å². The molecule has 0 unspecified atom stereocenters. The van der Waals surface area contributed by atoms with E-state index in [1.807, 2.05) is 43.3 Å². The maximum Gasteiger partial charge on any atom is 0.410 e. The summed E-state index contributed by atoms with van der Waals surface area (Å²) in [5.41, 5.74) is 2.73. The fourth-order valence-corrected chi connectivity index (χ4v) is 2.72. The Hall–Kier alpha value is -3.22. The lowest BCUT2D eigenvalue weighted by Gasteiger charge is -2.32. The van der Waals surface area contributed by atoms with Crippen LogP contribution >= 0.6 is 0 Å². The molecule has 1 fully saturated rings. The molecule has 0 aliphatic carbocycles. The van der Waals surface area contributed by atoms with Gasteiger partial charge in [0.25, 0.3) is 0 Å². The van der Waals surface area contributed by atoms with E-state index in [1.54, 1.807) is 23.5 Å². The summed E-state index contributed by atoms with van der Waals surface area (Å²) in [6, 6.07) is 11.3. The van der Waals surface area contributed by atoms with Gasteiger partial charge in [-0.2, -0.15) is 0 Å². The second kappa shape index (κ2) is 8.93. The van der Waals surface area contributed by atoms with E-state index in [0.29, 0.717) is 19.6 Å². The van der Waals surface area contributed by atoms with Crippen LogP contribution in [0, 0.1) is 6.92 Å². The molecule has 0 spiro atoms. The van der Waals surface area contributed by atoms with Crippen molar-refractivity contribution in [2.24, 2.45) is 4.99 Å². The summed E-state index contributed by atoms with van der Waals surface area (Å²) in [5, 5.41) is 0. The first-order valence-electron chi connectivity index (χ1n) is 8.80. The summed E-state index contributed by atoms with van der Waals surface area (Å²) >= 11 is 0. The molecule has 2 aromatic rings. The number of aliphatic imine (C=N–C) groups is 1. The minimum Gasteiger partial charge on any atom is -0.445 e. The van der Waals surface area contributed by atoms with Crippen LogP contribution in [0.25, 0.3) is 0 Å². The van der Waals surface area contributed by atoms with Crippen molar-refractivity contribution < 1.29 is 14.3 Å². The molecular weight excluding hydrogens is 344 g/mol. The number of piperazine rings is 1. The molecule has 27 heavy (non-hydrogen) atoms. The fraction of sp³-hybridized carbons (Fsp3) is 0.300. The summed E-state index contributed by atoms with van der Waals surface area (Å²) in [5.74, 6) is -0.115. The number of rotatable bonds is 5. The van der Waals surface area contributed by atoms with Crippen LogP contribution in [-0.2, 0) is 16.1 Å². The highest BCUT2D eigenvalue weighted by atomic mass is 16.6. The molecule has 140 valence electrons. The monoisotopic (exact) mass is 366 g/mol. The van der Waals surface area contributed by atoms with Gasteiger partial charge in [-0.1, -0.05) is 30.3 Å². The Morgan fingerprint density at radius 3 is 2.81 bits per heavy atom. The van der Waals surface area contributed by atoms with Gasteiger partial charge in [0.15, 0.2) is 0 Å². The molecule has 2 amide bonds. The number of aryl methyl sites for hydroxylation is 1. The number of amides is 2. The van der Waals surface area contributed by atoms with Crippen molar-refractivity contribution in [3.05, 3.63) is 59.9 Å². The number of carbonyl (C=O) groups excluding carboxylic acids is 2. The quantitative estimate of drug-likeness (QED) is 0.762. The van der Waals surface area contributed by atoms with Crippen LogP contribution in [0.3, 0.4) is 0 Å². The molecule has 0 N–H and O–H groups in total. The van der Waals surface area contributed by atoms with Crippen molar-refractivity contribution >= 4 is 23.9 Å². The van der Waals surface area contributed by atoms with Crippen molar-refractivity contribution in [2.45, 2.75) is 13.5 Å². The third-order valence-electron chi connectivity index (χ3n) is 4.31. The molecule has 7 nitrogen and oxygen atoms in total. The van der Waals surface area contributed by atoms with Gasteiger partial charge < -0.3 is 9.64 Å². The fourth-order valence-electron chi connectivity index (χ4n) is 2.72. The van der Waals surface area contributed by atoms with Crippen LogP contribution in [0.15, 0.2) is 53.8 Å². The minimum absolute atomic E-state index is 0.0236. The smallest absolute Gasteiger partial charge is 0.410 e. The average Bonchev–Trinajstić information content (AvgIpc) is 2.69. The number of hydrogen-bond acceptors (Lipinski definition) is 5. The highest BCUT2D eigenvalue weighted by molar-refractivity contribution is 5.85. The molecule has 0 radical (unpaired) electrons. The second-order valence-electron chi connectivity index (χ2n) is 6.28. The van der Waals surface area contributed by atoms with Gasteiger partial charge in [0, 0.05) is 31.7 Å². The number of hydrogen-bond donors (Lipinski definition) is 0. The highest BCUT2D eigenvalue weighted by Gasteiger charge is 2.27. The maximum atomic E-state index is 12.3. The molecule has 7 heteroatoms. The predicted molar refractivity (Wildman–Crippen MR) is 102 cm³/mol. The summed E-state index contributed by atoms with van der Waals surface area (Å²) in [6.07, 6.45) is 4.68. The second-order valence-corrected chi connectivity index (χ2v) is 6.28. The normalized spacial score (nSPS) is 14.6. The van der Waals surface area contributed by atoms with Crippen LogP contribution in [0.5, 0.6) is 0 Å². The van der Waals surface area contributed by atoms with Gasteiger partial charge in [-0.3, -0.25) is 19.7 Å². The molecule has 0 atom stereocenters. The zero-order chi connectivity index (χ0) is 19.1. The molecule has 0 bridgehead atoms. The molecule has 1 saturated heterocycles. The Balaban J connectivity index is 1.46. The summed E-state index contributed by atoms with van der Waals surface area (Å²) in [6.45, 7) is 3.47. The molecule has 2 heterocycles. The third-order valence-corrected chi connectivity index (χ3v) is 4.31.